The predicted octanol–water partition coefficient (Wildman–Crippen LogP) is 2.35. The van der Waals surface area contributed by atoms with Crippen LogP contribution in [-0.2, 0) is 6.42 Å². The van der Waals surface area contributed by atoms with Gasteiger partial charge in [0.05, 0.1) is 0 Å². The van der Waals surface area contributed by atoms with Gasteiger partial charge in [0.2, 0.25) is 0 Å². The van der Waals surface area contributed by atoms with E-state index in [0.717, 1.165) is 18.5 Å². The van der Waals surface area contributed by atoms with Gasteiger partial charge in [-0.05, 0) is 31.4 Å². The van der Waals surface area contributed by atoms with E-state index in [-0.39, 0.29) is 0 Å². The zero-order valence-corrected chi connectivity index (χ0v) is 6.67. The average Bonchev–Trinajstić information content (AvgIpc) is 2.04. The van der Waals surface area contributed by atoms with E-state index in [2.05, 4.69) is 29.3 Å². The molecular weight excluding hydrogens is 134 g/mol. The third kappa shape index (κ3) is 1.18. The second kappa shape index (κ2) is 2.50. The molecule has 1 aromatic heterocycles. The number of nitrogens with zero attached hydrogens (tertiary/aromatic N) is 1. The van der Waals surface area contributed by atoms with Crippen LogP contribution in [0.1, 0.15) is 23.4 Å². The Labute approximate surface area is 66.8 Å². The first-order valence-electron chi connectivity index (χ1n) is 3.99. The van der Waals surface area contributed by atoms with Gasteiger partial charge in [-0.1, -0.05) is 18.2 Å². The minimum absolute atomic E-state index is 1.10. The molecule has 0 fully saturated rings. The fourth-order valence-electron chi connectivity index (χ4n) is 1.40. The van der Waals surface area contributed by atoms with Crippen LogP contribution < -0.4 is 0 Å². The average molecular weight is 145 g/mol. The van der Waals surface area contributed by atoms with Crippen LogP contribution in [0.4, 0.5) is 0 Å². The lowest BCUT2D eigenvalue weighted by molar-refractivity contribution is 0.913. The Morgan fingerprint density at radius 3 is 3.18 bits per heavy atom. The van der Waals surface area contributed by atoms with Gasteiger partial charge in [-0.3, -0.25) is 4.98 Å². The van der Waals surface area contributed by atoms with Crippen LogP contribution in [0.2, 0.25) is 0 Å². The highest BCUT2D eigenvalue weighted by atomic mass is 14.7. The minimum atomic E-state index is 1.10. The van der Waals surface area contributed by atoms with Crippen LogP contribution >= 0.6 is 0 Å². The SMILES string of the molecule is Cc1ccc2c(n1)CCC=C2. The quantitative estimate of drug-likeness (QED) is 0.546. The molecule has 0 amide bonds. The summed E-state index contributed by atoms with van der Waals surface area (Å²) in [6.45, 7) is 2.04. The molecule has 0 aliphatic heterocycles. The smallest absolute Gasteiger partial charge is 0.0482 e. The molecule has 0 N–H and O–H groups in total. The fourth-order valence-corrected chi connectivity index (χ4v) is 1.40. The lowest BCUT2D eigenvalue weighted by atomic mass is 10.0. The zero-order valence-electron chi connectivity index (χ0n) is 6.67. The molecule has 1 nitrogen and oxygen atoms in total. The van der Waals surface area contributed by atoms with Crippen LogP contribution in [0.25, 0.3) is 6.08 Å². The second-order valence-electron chi connectivity index (χ2n) is 2.93. The summed E-state index contributed by atoms with van der Waals surface area (Å²) in [5, 5.41) is 0. The van der Waals surface area contributed by atoms with Crippen LogP contribution in [0.5, 0.6) is 0 Å². The molecule has 0 unspecified atom stereocenters. The van der Waals surface area contributed by atoms with Gasteiger partial charge in [0.25, 0.3) is 0 Å². The van der Waals surface area contributed by atoms with E-state index < -0.39 is 0 Å². The Balaban J connectivity index is 2.53. The maximum atomic E-state index is 4.46. The van der Waals surface area contributed by atoms with Gasteiger partial charge in [-0.2, -0.15) is 0 Å². The Morgan fingerprint density at radius 2 is 2.27 bits per heavy atom. The summed E-state index contributed by atoms with van der Waals surface area (Å²) < 4.78 is 0. The van der Waals surface area contributed by atoms with Gasteiger partial charge in [-0.15, -0.1) is 0 Å². The Hall–Kier alpha value is -1.11. The number of fused-ring (bicyclic) bond motifs is 1. The molecule has 1 aliphatic carbocycles. The van der Waals surface area contributed by atoms with Crippen LogP contribution in [0.15, 0.2) is 18.2 Å². The molecule has 1 heterocycles. The molecule has 0 radical (unpaired) electrons. The van der Waals surface area contributed by atoms with Crippen molar-refractivity contribution in [3.63, 3.8) is 0 Å². The Bertz CT molecular complexity index is 300. The summed E-state index contributed by atoms with van der Waals surface area (Å²) >= 11 is 0. The van der Waals surface area contributed by atoms with Crippen LogP contribution in [0, 0.1) is 6.92 Å². The summed E-state index contributed by atoms with van der Waals surface area (Å²) in [5.41, 5.74) is 3.67. The summed E-state index contributed by atoms with van der Waals surface area (Å²) in [7, 11) is 0. The fraction of sp³-hybridized carbons (Fsp3) is 0.300. The molecule has 1 heteroatoms. The summed E-state index contributed by atoms with van der Waals surface area (Å²) in [6.07, 6.45) is 6.61. The third-order valence-corrected chi connectivity index (χ3v) is 1.99. The maximum Gasteiger partial charge on any atom is 0.0482 e. The van der Waals surface area contributed by atoms with Gasteiger partial charge in [0, 0.05) is 11.4 Å². The predicted molar refractivity (Wildman–Crippen MR) is 46.3 cm³/mol. The lowest BCUT2D eigenvalue weighted by Gasteiger charge is -2.08. The van der Waals surface area contributed by atoms with E-state index in [9.17, 15) is 0 Å². The summed E-state index contributed by atoms with van der Waals surface area (Å²) in [5.74, 6) is 0. The number of rotatable bonds is 0. The first-order chi connectivity index (χ1) is 5.36. The standard InChI is InChI=1S/C10H11N/c1-8-6-7-9-4-2-3-5-10(9)11-8/h2,4,6-7H,3,5H2,1H3. The molecule has 0 atom stereocenters. The highest BCUT2D eigenvalue weighted by molar-refractivity contribution is 5.54. The van der Waals surface area contributed by atoms with Crippen molar-refractivity contribution in [3.8, 4) is 0 Å². The van der Waals surface area contributed by atoms with Gasteiger partial charge in [0.1, 0.15) is 0 Å². The highest BCUT2D eigenvalue weighted by Crippen LogP contribution is 2.16. The van der Waals surface area contributed by atoms with Crippen molar-refractivity contribution in [3.05, 3.63) is 35.2 Å². The molecule has 0 saturated carbocycles. The molecule has 2 rings (SSSR count). The van der Waals surface area contributed by atoms with Crippen molar-refractivity contribution in [2.24, 2.45) is 0 Å². The van der Waals surface area contributed by atoms with Gasteiger partial charge in [0.15, 0.2) is 0 Å². The summed E-state index contributed by atoms with van der Waals surface area (Å²) in [4.78, 5) is 4.46. The number of aromatic nitrogens is 1. The summed E-state index contributed by atoms with van der Waals surface area (Å²) in [6, 6.07) is 4.21. The van der Waals surface area contributed by atoms with Crippen molar-refractivity contribution in [2.45, 2.75) is 19.8 Å². The number of hydrogen-bond acceptors (Lipinski definition) is 1. The number of pyridine rings is 1. The Morgan fingerprint density at radius 1 is 1.36 bits per heavy atom. The molecule has 56 valence electrons. The lowest BCUT2D eigenvalue weighted by Crippen LogP contribution is -1.98. The molecule has 1 aromatic rings. The molecule has 1 aliphatic rings. The molecular formula is C10H11N. The van der Waals surface area contributed by atoms with Crippen molar-refractivity contribution < 1.29 is 0 Å². The van der Waals surface area contributed by atoms with Crippen molar-refractivity contribution in [1.82, 2.24) is 4.98 Å². The maximum absolute atomic E-state index is 4.46. The number of hydrogen-bond donors (Lipinski definition) is 0. The van der Waals surface area contributed by atoms with Crippen molar-refractivity contribution in [2.75, 3.05) is 0 Å². The number of aryl methyl sites for hydroxylation is 2. The van der Waals surface area contributed by atoms with E-state index in [1.54, 1.807) is 0 Å². The highest BCUT2D eigenvalue weighted by Gasteiger charge is 2.04. The molecule has 0 spiro atoms. The first kappa shape index (κ1) is 6.59. The van der Waals surface area contributed by atoms with E-state index in [1.165, 1.54) is 11.3 Å². The van der Waals surface area contributed by atoms with Gasteiger partial charge >= 0.3 is 0 Å². The monoisotopic (exact) mass is 145 g/mol. The number of allylic oxidation sites excluding steroid dienone is 1. The van der Waals surface area contributed by atoms with Crippen molar-refractivity contribution in [1.29, 1.82) is 0 Å². The molecule has 0 saturated heterocycles. The molecule has 11 heavy (non-hydrogen) atoms. The second-order valence-corrected chi connectivity index (χ2v) is 2.93. The van der Waals surface area contributed by atoms with Crippen LogP contribution in [0.3, 0.4) is 0 Å². The zero-order chi connectivity index (χ0) is 7.68. The van der Waals surface area contributed by atoms with Crippen LogP contribution in [-0.4, -0.2) is 4.98 Å². The van der Waals surface area contributed by atoms with E-state index in [0.29, 0.717) is 0 Å². The van der Waals surface area contributed by atoms with E-state index in [1.807, 2.05) is 6.92 Å². The third-order valence-electron chi connectivity index (χ3n) is 1.99. The Kier molecular flexibility index (Phi) is 1.50. The van der Waals surface area contributed by atoms with Crippen molar-refractivity contribution >= 4 is 6.08 Å². The topological polar surface area (TPSA) is 12.9 Å². The van der Waals surface area contributed by atoms with E-state index >= 15 is 0 Å². The minimum Gasteiger partial charge on any atom is -0.258 e. The van der Waals surface area contributed by atoms with Gasteiger partial charge < -0.3 is 0 Å². The normalized spacial score (nSPS) is 14.6. The van der Waals surface area contributed by atoms with Gasteiger partial charge in [-0.25, -0.2) is 0 Å². The van der Waals surface area contributed by atoms with E-state index in [4.69, 9.17) is 0 Å². The molecule has 0 aromatic carbocycles. The molecule has 0 bridgehead atoms. The largest absolute Gasteiger partial charge is 0.258 e. The first-order valence-corrected chi connectivity index (χ1v) is 3.99.